The van der Waals surface area contributed by atoms with Crippen molar-refractivity contribution in [3.8, 4) is 11.5 Å². The van der Waals surface area contributed by atoms with E-state index in [-0.39, 0.29) is 16.7 Å². The summed E-state index contributed by atoms with van der Waals surface area (Å²) >= 11 is 0. The average molecular weight is 388 g/mol. The number of nitrogens with one attached hydrogen (secondary N) is 2. The zero-order valence-electron chi connectivity index (χ0n) is 15.2. The molecule has 1 rings (SSSR count). The predicted molar refractivity (Wildman–Crippen MR) is 93.6 cm³/mol. The van der Waals surface area contributed by atoms with Crippen LogP contribution in [0.5, 0.6) is 11.5 Å². The zero-order valence-corrected chi connectivity index (χ0v) is 16.0. The fourth-order valence-electron chi connectivity index (χ4n) is 1.84. The van der Waals surface area contributed by atoms with Crippen molar-refractivity contribution < 1.29 is 32.2 Å². The molecule has 1 atom stereocenters. The largest absolute Gasteiger partial charge is 0.493 e. The summed E-state index contributed by atoms with van der Waals surface area (Å²) in [6, 6.07) is 3.98. The number of carbonyl (C=O) groups is 2. The van der Waals surface area contributed by atoms with Crippen LogP contribution in [0.3, 0.4) is 0 Å². The Bertz CT molecular complexity index is 734. The van der Waals surface area contributed by atoms with Crippen LogP contribution in [0.4, 0.5) is 0 Å². The molecule has 0 aromatic heterocycles. The monoisotopic (exact) mass is 388 g/mol. The number of methoxy groups -OCH3 is 2. The van der Waals surface area contributed by atoms with E-state index in [1.807, 2.05) is 13.8 Å². The van der Waals surface area contributed by atoms with E-state index in [4.69, 9.17) is 14.2 Å². The number of esters is 1. The molecule has 0 unspecified atom stereocenters. The van der Waals surface area contributed by atoms with Crippen molar-refractivity contribution in [1.82, 2.24) is 10.0 Å². The van der Waals surface area contributed by atoms with Gasteiger partial charge >= 0.3 is 5.97 Å². The maximum atomic E-state index is 12.2. The zero-order chi connectivity index (χ0) is 19.7. The van der Waals surface area contributed by atoms with Crippen molar-refractivity contribution in [3.63, 3.8) is 0 Å². The first-order valence-electron chi connectivity index (χ1n) is 7.90. The van der Waals surface area contributed by atoms with E-state index in [1.54, 1.807) is 0 Å². The number of carbonyl (C=O) groups excluding carboxylic acids is 2. The Balaban J connectivity index is 2.60. The summed E-state index contributed by atoms with van der Waals surface area (Å²) in [6.45, 7) is 2.64. The number of amides is 1. The van der Waals surface area contributed by atoms with Crippen LogP contribution in [0, 0.1) is 0 Å². The van der Waals surface area contributed by atoms with E-state index < -0.39 is 35.1 Å². The highest BCUT2D eigenvalue weighted by Gasteiger charge is 2.19. The van der Waals surface area contributed by atoms with Gasteiger partial charge in [0.1, 0.15) is 6.54 Å². The van der Waals surface area contributed by atoms with Gasteiger partial charge in [0.05, 0.1) is 19.1 Å². The molecule has 0 fully saturated rings. The van der Waals surface area contributed by atoms with E-state index in [2.05, 4.69) is 10.0 Å². The fraction of sp³-hybridized carbons (Fsp3) is 0.500. The third kappa shape index (κ3) is 6.52. The van der Waals surface area contributed by atoms with Gasteiger partial charge in [-0.1, -0.05) is 6.92 Å². The van der Waals surface area contributed by atoms with Gasteiger partial charge in [-0.05, 0) is 25.5 Å². The number of sulfonamides is 1. The summed E-state index contributed by atoms with van der Waals surface area (Å²) in [5.74, 6) is -0.707. The van der Waals surface area contributed by atoms with Gasteiger partial charge in [-0.25, -0.2) is 8.42 Å². The molecule has 0 aliphatic carbocycles. The Morgan fingerprint density at radius 1 is 1.15 bits per heavy atom. The highest BCUT2D eigenvalue weighted by Crippen LogP contribution is 2.29. The van der Waals surface area contributed by atoms with Crippen LogP contribution >= 0.6 is 0 Å². The van der Waals surface area contributed by atoms with Gasteiger partial charge in [-0.15, -0.1) is 0 Å². The smallest absolute Gasteiger partial charge is 0.321 e. The lowest BCUT2D eigenvalue weighted by Gasteiger charge is -2.12. The highest BCUT2D eigenvalue weighted by molar-refractivity contribution is 7.89. The third-order valence-corrected chi connectivity index (χ3v) is 4.85. The molecule has 0 bridgehead atoms. The van der Waals surface area contributed by atoms with Crippen molar-refractivity contribution in [2.24, 2.45) is 0 Å². The number of rotatable bonds is 10. The minimum absolute atomic E-state index is 0.0373. The number of ether oxygens (including phenoxy) is 3. The van der Waals surface area contributed by atoms with Crippen molar-refractivity contribution in [1.29, 1.82) is 0 Å². The topological polar surface area (TPSA) is 120 Å². The summed E-state index contributed by atoms with van der Waals surface area (Å²) < 4.78 is 41.4. The molecule has 1 amide bonds. The van der Waals surface area contributed by atoms with Crippen LogP contribution in [0.25, 0.3) is 0 Å². The minimum atomic E-state index is -3.96. The highest BCUT2D eigenvalue weighted by atomic mass is 32.2. The molecule has 0 saturated heterocycles. The molecule has 0 spiro atoms. The van der Waals surface area contributed by atoms with Crippen LogP contribution in [-0.4, -0.2) is 53.7 Å². The van der Waals surface area contributed by atoms with E-state index in [0.29, 0.717) is 5.75 Å². The Kier molecular flexibility index (Phi) is 8.33. The molecule has 0 radical (unpaired) electrons. The molecular formula is C16H24N2O7S. The fourth-order valence-corrected chi connectivity index (χ4v) is 2.82. The molecule has 0 heterocycles. The first-order chi connectivity index (χ1) is 12.2. The lowest BCUT2D eigenvalue weighted by molar-refractivity contribution is -0.147. The van der Waals surface area contributed by atoms with Gasteiger partial charge in [-0.3, -0.25) is 9.59 Å². The molecule has 26 heavy (non-hydrogen) atoms. The molecule has 1 aromatic rings. The molecule has 1 aromatic carbocycles. The average Bonchev–Trinajstić information content (AvgIpc) is 2.63. The van der Waals surface area contributed by atoms with Gasteiger partial charge in [0, 0.05) is 12.1 Å². The van der Waals surface area contributed by atoms with Gasteiger partial charge < -0.3 is 19.5 Å². The normalized spacial score (nSPS) is 12.2. The first-order valence-corrected chi connectivity index (χ1v) is 9.38. The molecule has 0 aliphatic rings. The van der Waals surface area contributed by atoms with Crippen molar-refractivity contribution in [2.45, 2.75) is 31.2 Å². The minimum Gasteiger partial charge on any atom is -0.493 e. The molecule has 0 aliphatic heterocycles. The van der Waals surface area contributed by atoms with Crippen LogP contribution < -0.4 is 19.5 Å². The van der Waals surface area contributed by atoms with Crippen LogP contribution in [0.2, 0.25) is 0 Å². The maximum Gasteiger partial charge on any atom is 0.321 e. The summed E-state index contributed by atoms with van der Waals surface area (Å²) in [5, 5.41) is 2.63. The van der Waals surface area contributed by atoms with Crippen LogP contribution in [0.15, 0.2) is 23.1 Å². The standard InChI is InChI=1S/C16H24N2O7S/c1-5-11(2)18-15(19)10-25-16(20)9-17-26(21,22)12-6-7-13(23-3)14(8-12)24-4/h6-8,11,17H,5,9-10H2,1-4H3,(H,18,19)/t11-/m1/s1. The summed E-state index contributed by atoms with van der Waals surface area (Å²) in [7, 11) is -1.15. The van der Waals surface area contributed by atoms with Crippen molar-refractivity contribution in [3.05, 3.63) is 18.2 Å². The van der Waals surface area contributed by atoms with Crippen LogP contribution in [-0.2, 0) is 24.3 Å². The van der Waals surface area contributed by atoms with Crippen molar-refractivity contribution in [2.75, 3.05) is 27.4 Å². The van der Waals surface area contributed by atoms with Crippen LogP contribution in [0.1, 0.15) is 20.3 Å². The second kappa shape index (κ2) is 9.97. The first kappa shape index (κ1) is 21.7. The Morgan fingerprint density at radius 3 is 2.38 bits per heavy atom. The molecule has 146 valence electrons. The maximum absolute atomic E-state index is 12.2. The summed E-state index contributed by atoms with van der Waals surface area (Å²) in [6.07, 6.45) is 0.741. The lowest BCUT2D eigenvalue weighted by Crippen LogP contribution is -2.37. The van der Waals surface area contributed by atoms with Crippen molar-refractivity contribution >= 4 is 21.9 Å². The van der Waals surface area contributed by atoms with E-state index in [1.165, 1.54) is 32.4 Å². The van der Waals surface area contributed by atoms with Gasteiger partial charge in [0.25, 0.3) is 5.91 Å². The number of benzene rings is 1. The Morgan fingerprint density at radius 2 is 1.81 bits per heavy atom. The second-order valence-corrected chi connectivity index (χ2v) is 7.15. The number of hydrogen-bond donors (Lipinski definition) is 2. The quantitative estimate of drug-likeness (QED) is 0.558. The Labute approximate surface area is 153 Å². The molecule has 10 heteroatoms. The van der Waals surface area contributed by atoms with Gasteiger partial charge in [-0.2, -0.15) is 4.72 Å². The summed E-state index contributed by atoms with van der Waals surface area (Å²) in [5.41, 5.74) is 0. The lowest BCUT2D eigenvalue weighted by atomic mass is 10.2. The molecule has 0 saturated carbocycles. The third-order valence-electron chi connectivity index (χ3n) is 3.46. The number of hydrogen-bond acceptors (Lipinski definition) is 7. The predicted octanol–water partition coefficient (Wildman–Crippen LogP) is 0.440. The van der Waals surface area contributed by atoms with Gasteiger partial charge in [0.2, 0.25) is 10.0 Å². The molecular weight excluding hydrogens is 364 g/mol. The molecule has 9 nitrogen and oxygen atoms in total. The SMILES string of the molecule is CC[C@@H](C)NC(=O)COC(=O)CNS(=O)(=O)c1ccc(OC)c(OC)c1. The van der Waals surface area contributed by atoms with Gasteiger partial charge in [0.15, 0.2) is 18.1 Å². The molecule has 2 N–H and O–H groups in total. The van der Waals surface area contributed by atoms with E-state index in [9.17, 15) is 18.0 Å². The summed E-state index contributed by atoms with van der Waals surface area (Å²) in [4.78, 5) is 23.0. The second-order valence-electron chi connectivity index (χ2n) is 5.38. The van der Waals surface area contributed by atoms with E-state index >= 15 is 0 Å². The Hall–Kier alpha value is -2.33. The van der Waals surface area contributed by atoms with E-state index in [0.717, 1.165) is 6.42 Å².